The summed E-state index contributed by atoms with van der Waals surface area (Å²) in [5, 5.41) is 0. The van der Waals surface area contributed by atoms with E-state index in [1.165, 1.54) is 7.11 Å². The van der Waals surface area contributed by atoms with Crippen LogP contribution in [0.5, 0.6) is 5.75 Å². The lowest BCUT2D eigenvalue weighted by molar-refractivity contribution is 0.401. The Morgan fingerprint density at radius 1 is 1.24 bits per heavy atom. The molecule has 4 nitrogen and oxygen atoms in total. The summed E-state index contributed by atoms with van der Waals surface area (Å²) in [6, 6.07) is 4.85. The van der Waals surface area contributed by atoms with Crippen LogP contribution in [-0.2, 0) is 10.0 Å². The van der Waals surface area contributed by atoms with E-state index >= 15 is 0 Å². The van der Waals surface area contributed by atoms with Crippen LogP contribution in [0.15, 0.2) is 27.6 Å². The predicted octanol–water partition coefficient (Wildman–Crippen LogP) is 3.95. The zero-order valence-corrected chi connectivity index (χ0v) is 15.4. The molecule has 0 radical (unpaired) electrons. The van der Waals surface area contributed by atoms with Crippen molar-refractivity contribution >= 4 is 26.0 Å². The van der Waals surface area contributed by atoms with Gasteiger partial charge in [-0.05, 0) is 37.5 Å². The van der Waals surface area contributed by atoms with Crippen LogP contribution in [-0.4, -0.2) is 21.6 Å². The molecule has 0 bridgehead atoms. The van der Waals surface area contributed by atoms with Gasteiger partial charge in [-0.2, -0.15) is 0 Å². The van der Waals surface area contributed by atoms with Crippen LogP contribution < -0.4 is 9.46 Å². The lowest BCUT2D eigenvalue weighted by Crippen LogP contribution is -2.32. The van der Waals surface area contributed by atoms with E-state index in [0.29, 0.717) is 16.1 Å². The number of hydrogen-bond acceptors (Lipinski definition) is 3. The van der Waals surface area contributed by atoms with Crippen LogP contribution in [0.3, 0.4) is 0 Å². The van der Waals surface area contributed by atoms with E-state index in [1.54, 1.807) is 18.2 Å². The minimum Gasteiger partial charge on any atom is -0.495 e. The summed E-state index contributed by atoms with van der Waals surface area (Å²) in [5.74, 6) is 0.985. The monoisotopic (exact) mass is 377 g/mol. The Labute approximate surface area is 136 Å². The van der Waals surface area contributed by atoms with Crippen LogP contribution in [0.2, 0.25) is 0 Å². The molecule has 1 rings (SSSR count). The molecule has 0 fully saturated rings. The maximum atomic E-state index is 12.5. The maximum absolute atomic E-state index is 12.5. The molecule has 21 heavy (non-hydrogen) atoms. The minimum absolute atomic E-state index is 0.0996. The molecule has 0 spiro atoms. The number of sulfonamides is 1. The van der Waals surface area contributed by atoms with Crippen LogP contribution in [0, 0.1) is 5.92 Å². The standard InChI is InChI=1S/C15H24BrNO3S/c1-11(2)6-5-7-12(3)17-21(18,19)15-10-13(16)8-9-14(15)20-4/h8-12,17H,5-7H2,1-4H3. The molecular formula is C15H24BrNO3S. The van der Waals surface area contributed by atoms with Gasteiger partial charge < -0.3 is 4.74 Å². The fourth-order valence-corrected chi connectivity index (χ4v) is 4.07. The van der Waals surface area contributed by atoms with Crippen molar-refractivity contribution in [1.29, 1.82) is 0 Å². The van der Waals surface area contributed by atoms with Crippen molar-refractivity contribution in [2.75, 3.05) is 7.11 Å². The third-order valence-corrected chi connectivity index (χ3v) is 5.29. The molecule has 0 aliphatic heterocycles. The van der Waals surface area contributed by atoms with Crippen molar-refractivity contribution in [3.05, 3.63) is 22.7 Å². The van der Waals surface area contributed by atoms with E-state index in [1.807, 2.05) is 6.92 Å². The molecule has 1 aromatic rings. The van der Waals surface area contributed by atoms with Gasteiger partial charge in [0.1, 0.15) is 10.6 Å². The van der Waals surface area contributed by atoms with Crippen molar-refractivity contribution in [1.82, 2.24) is 4.72 Å². The Hall–Kier alpha value is -0.590. The fraction of sp³-hybridized carbons (Fsp3) is 0.600. The number of halogens is 1. The first kappa shape index (κ1) is 18.5. The van der Waals surface area contributed by atoms with Crippen LogP contribution in [0.25, 0.3) is 0 Å². The van der Waals surface area contributed by atoms with E-state index in [-0.39, 0.29) is 10.9 Å². The molecule has 0 aromatic heterocycles. The first-order chi connectivity index (χ1) is 9.76. The number of rotatable bonds is 8. The summed E-state index contributed by atoms with van der Waals surface area (Å²) in [7, 11) is -2.11. The van der Waals surface area contributed by atoms with Gasteiger partial charge in [0.15, 0.2) is 0 Å². The summed E-state index contributed by atoms with van der Waals surface area (Å²) >= 11 is 3.29. The molecule has 0 heterocycles. The summed E-state index contributed by atoms with van der Waals surface area (Å²) < 4.78 is 33.5. The Balaban J connectivity index is 2.79. The maximum Gasteiger partial charge on any atom is 0.244 e. The van der Waals surface area contributed by atoms with Crippen molar-refractivity contribution < 1.29 is 13.2 Å². The predicted molar refractivity (Wildman–Crippen MR) is 89.2 cm³/mol. The quantitative estimate of drug-likeness (QED) is 0.745. The fourth-order valence-electron chi connectivity index (χ4n) is 2.08. The summed E-state index contributed by atoms with van der Waals surface area (Å²) in [5.41, 5.74) is 0. The van der Waals surface area contributed by atoms with E-state index in [4.69, 9.17) is 4.74 Å². The Morgan fingerprint density at radius 2 is 1.90 bits per heavy atom. The van der Waals surface area contributed by atoms with Crippen LogP contribution >= 0.6 is 15.9 Å². The number of ether oxygens (including phenoxy) is 1. The summed E-state index contributed by atoms with van der Waals surface area (Å²) in [6.07, 6.45) is 2.94. The molecule has 1 unspecified atom stereocenters. The third-order valence-electron chi connectivity index (χ3n) is 3.19. The number of nitrogens with one attached hydrogen (secondary N) is 1. The highest BCUT2D eigenvalue weighted by Crippen LogP contribution is 2.27. The summed E-state index contributed by atoms with van der Waals surface area (Å²) in [4.78, 5) is 0.162. The Morgan fingerprint density at radius 3 is 2.48 bits per heavy atom. The van der Waals surface area contributed by atoms with Gasteiger partial charge in [-0.3, -0.25) is 0 Å². The lowest BCUT2D eigenvalue weighted by Gasteiger charge is -2.16. The van der Waals surface area contributed by atoms with Crippen LogP contribution in [0.4, 0.5) is 0 Å². The highest BCUT2D eigenvalue weighted by atomic mass is 79.9. The van der Waals surface area contributed by atoms with Gasteiger partial charge in [0, 0.05) is 10.5 Å². The topological polar surface area (TPSA) is 55.4 Å². The molecule has 1 atom stereocenters. The van der Waals surface area contributed by atoms with E-state index in [9.17, 15) is 8.42 Å². The smallest absolute Gasteiger partial charge is 0.244 e. The molecule has 0 aliphatic carbocycles. The molecule has 0 saturated carbocycles. The van der Waals surface area contributed by atoms with Crippen LogP contribution in [0.1, 0.15) is 40.0 Å². The van der Waals surface area contributed by atoms with E-state index in [0.717, 1.165) is 19.3 Å². The minimum atomic E-state index is -3.58. The highest BCUT2D eigenvalue weighted by Gasteiger charge is 2.22. The molecule has 1 aromatic carbocycles. The van der Waals surface area contributed by atoms with Gasteiger partial charge in [-0.15, -0.1) is 0 Å². The summed E-state index contributed by atoms with van der Waals surface area (Å²) in [6.45, 7) is 6.23. The molecule has 0 aliphatic rings. The van der Waals surface area contributed by atoms with Crippen molar-refractivity contribution in [3.8, 4) is 5.75 Å². The molecule has 6 heteroatoms. The molecule has 1 N–H and O–H groups in total. The molecular weight excluding hydrogens is 354 g/mol. The number of benzene rings is 1. The number of methoxy groups -OCH3 is 1. The second-order valence-electron chi connectivity index (χ2n) is 5.64. The molecule has 0 saturated heterocycles. The van der Waals surface area contributed by atoms with Gasteiger partial charge in [0.05, 0.1) is 7.11 Å². The van der Waals surface area contributed by atoms with Crippen molar-refractivity contribution in [2.24, 2.45) is 5.92 Å². The van der Waals surface area contributed by atoms with Gasteiger partial charge in [-0.1, -0.05) is 42.6 Å². The number of hydrogen-bond donors (Lipinski definition) is 1. The zero-order chi connectivity index (χ0) is 16.0. The van der Waals surface area contributed by atoms with Gasteiger partial charge in [0.2, 0.25) is 10.0 Å². The van der Waals surface area contributed by atoms with Crippen molar-refractivity contribution in [3.63, 3.8) is 0 Å². The lowest BCUT2D eigenvalue weighted by atomic mass is 10.0. The third kappa shape index (κ3) is 5.96. The first-order valence-electron chi connectivity index (χ1n) is 7.12. The van der Waals surface area contributed by atoms with E-state index < -0.39 is 10.0 Å². The Kier molecular flexibility index (Phi) is 7.16. The molecule has 0 amide bonds. The SMILES string of the molecule is COc1ccc(Br)cc1S(=O)(=O)NC(C)CCCC(C)C. The second kappa shape index (κ2) is 8.15. The zero-order valence-electron chi connectivity index (χ0n) is 13.0. The van der Waals surface area contributed by atoms with Gasteiger partial charge >= 0.3 is 0 Å². The normalized spacial score (nSPS) is 13.4. The largest absolute Gasteiger partial charge is 0.495 e. The van der Waals surface area contributed by atoms with Crippen molar-refractivity contribution in [2.45, 2.75) is 51.0 Å². The molecule has 120 valence electrons. The Bertz CT molecular complexity index is 558. The first-order valence-corrected chi connectivity index (χ1v) is 9.39. The van der Waals surface area contributed by atoms with Gasteiger partial charge in [0.25, 0.3) is 0 Å². The average molecular weight is 378 g/mol. The highest BCUT2D eigenvalue weighted by molar-refractivity contribution is 9.10. The average Bonchev–Trinajstić information content (AvgIpc) is 2.37. The van der Waals surface area contributed by atoms with Gasteiger partial charge in [-0.25, -0.2) is 13.1 Å². The van der Waals surface area contributed by atoms with E-state index in [2.05, 4.69) is 34.5 Å². The second-order valence-corrected chi connectivity index (χ2v) is 8.24.